The standard InChI is InChI=1S/C9H16N2O4/c1-10(2)9(13)11-4-5-15-6-7(11)8(12)14-3/h7H,4-6H2,1-3H3. The van der Waals surface area contributed by atoms with Gasteiger partial charge in [-0.2, -0.15) is 0 Å². The Morgan fingerprint density at radius 1 is 1.47 bits per heavy atom. The molecule has 0 radical (unpaired) electrons. The van der Waals surface area contributed by atoms with Crippen LogP contribution in [0.3, 0.4) is 0 Å². The van der Waals surface area contributed by atoms with Crippen LogP contribution in [0.1, 0.15) is 0 Å². The maximum Gasteiger partial charge on any atom is 0.331 e. The highest BCUT2D eigenvalue weighted by Crippen LogP contribution is 2.10. The summed E-state index contributed by atoms with van der Waals surface area (Å²) in [4.78, 5) is 26.0. The summed E-state index contributed by atoms with van der Waals surface area (Å²) in [6.07, 6.45) is 0. The SMILES string of the molecule is COC(=O)C1COCCN1C(=O)N(C)C. The summed E-state index contributed by atoms with van der Waals surface area (Å²) in [5.41, 5.74) is 0. The van der Waals surface area contributed by atoms with Crippen molar-refractivity contribution in [2.45, 2.75) is 6.04 Å². The first-order valence-electron chi connectivity index (χ1n) is 4.71. The van der Waals surface area contributed by atoms with Gasteiger partial charge in [0.25, 0.3) is 0 Å². The highest BCUT2D eigenvalue weighted by Gasteiger charge is 2.34. The normalized spacial score (nSPS) is 21.0. The fourth-order valence-electron chi connectivity index (χ4n) is 1.42. The zero-order valence-electron chi connectivity index (χ0n) is 9.23. The summed E-state index contributed by atoms with van der Waals surface area (Å²) in [6.45, 7) is 1.07. The molecule has 0 spiro atoms. The predicted molar refractivity (Wildman–Crippen MR) is 52.4 cm³/mol. The molecular formula is C9H16N2O4. The number of carbonyl (C=O) groups is 2. The number of ether oxygens (including phenoxy) is 2. The summed E-state index contributed by atoms with van der Waals surface area (Å²) < 4.78 is 9.77. The second-order valence-electron chi connectivity index (χ2n) is 3.48. The highest BCUT2D eigenvalue weighted by atomic mass is 16.5. The summed E-state index contributed by atoms with van der Waals surface area (Å²) in [5, 5.41) is 0. The van der Waals surface area contributed by atoms with E-state index in [1.54, 1.807) is 14.1 Å². The number of morpholine rings is 1. The largest absolute Gasteiger partial charge is 0.467 e. The van der Waals surface area contributed by atoms with Crippen LogP contribution in [0.15, 0.2) is 0 Å². The zero-order valence-corrected chi connectivity index (χ0v) is 9.23. The first-order chi connectivity index (χ1) is 7.07. The number of hydrogen-bond donors (Lipinski definition) is 0. The summed E-state index contributed by atoms with van der Waals surface area (Å²) in [5.74, 6) is -0.440. The van der Waals surface area contributed by atoms with E-state index in [0.717, 1.165) is 0 Å². The summed E-state index contributed by atoms with van der Waals surface area (Å²) in [6, 6.07) is -0.827. The Kier molecular flexibility index (Phi) is 3.90. The Hall–Kier alpha value is -1.30. The number of amides is 2. The van der Waals surface area contributed by atoms with Crippen molar-refractivity contribution in [2.75, 3.05) is 41.0 Å². The molecule has 0 aromatic rings. The number of nitrogens with zero attached hydrogens (tertiary/aromatic N) is 2. The van der Waals surface area contributed by atoms with Gasteiger partial charge in [0.05, 0.1) is 20.3 Å². The summed E-state index contributed by atoms with van der Waals surface area (Å²) >= 11 is 0. The van der Waals surface area contributed by atoms with Gasteiger partial charge in [0, 0.05) is 20.6 Å². The lowest BCUT2D eigenvalue weighted by molar-refractivity contribution is -0.151. The van der Waals surface area contributed by atoms with E-state index in [9.17, 15) is 9.59 Å². The van der Waals surface area contributed by atoms with Gasteiger partial charge >= 0.3 is 12.0 Å². The van der Waals surface area contributed by atoms with Crippen LogP contribution < -0.4 is 0 Å². The third kappa shape index (κ3) is 2.59. The molecule has 0 N–H and O–H groups in total. The lowest BCUT2D eigenvalue weighted by Gasteiger charge is -2.35. The molecule has 0 aromatic carbocycles. The minimum absolute atomic E-state index is 0.200. The Labute approximate surface area is 88.7 Å². The molecule has 1 saturated heterocycles. The molecule has 6 heteroatoms. The van der Waals surface area contributed by atoms with Crippen LogP contribution in [0.4, 0.5) is 4.79 Å². The maximum atomic E-state index is 11.7. The van der Waals surface area contributed by atoms with Gasteiger partial charge in [-0.3, -0.25) is 0 Å². The Bertz CT molecular complexity index is 254. The van der Waals surface area contributed by atoms with E-state index >= 15 is 0 Å². The van der Waals surface area contributed by atoms with Gasteiger partial charge in [-0.15, -0.1) is 0 Å². The third-order valence-corrected chi connectivity index (χ3v) is 2.23. The molecule has 1 heterocycles. The molecule has 0 aliphatic carbocycles. The number of hydrogen-bond acceptors (Lipinski definition) is 4. The van der Waals surface area contributed by atoms with Crippen molar-refractivity contribution >= 4 is 12.0 Å². The van der Waals surface area contributed by atoms with Gasteiger partial charge in [0.1, 0.15) is 0 Å². The molecule has 1 unspecified atom stereocenters. The number of urea groups is 1. The molecule has 15 heavy (non-hydrogen) atoms. The summed E-state index contributed by atoms with van der Waals surface area (Å²) in [7, 11) is 4.59. The molecule has 6 nitrogen and oxygen atoms in total. The second kappa shape index (κ2) is 4.97. The van der Waals surface area contributed by atoms with Crippen LogP contribution in [0.25, 0.3) is 0 Å². The van der Waals surface area contributed by atoms with Crippen molar-refractivity contribution < 1.29 is 19.1 Å². The first-order valence-corrected chi connectivity index (χ1v) is 4.71. The Morgan fingerprint density at radius 2 is 2.13 bits per heavy atom. The monoisotopic (exact) mass is 216 g/mol. The van der Waals surface area contributed by atoms with Gasteiger partial charge in [-0.25, -0.2) is 9.59 Å². The lowest BCUT2D eigenvalue weighted by Crippen LogP contribution is -2.55. The second-order valence-corrected chi connectivity index (χ2v) is 3.48. The van der Waals surface area contributed by atoms with Crippen molar-refractivity contribution in [3.05, 3.63) is 0 Å². The van der Waals surface area contributed by atoms with E-state index in [1.807, 2.05) is 0 Å². The minimum atomic E-state index is -0.626. The molecule has 1 fully saturated rings. The van der Waals surface area contributed by atoms with Gasteiger partial charge in [-0.05, 0) is 0 Å². The third-order valence-electron chi connectivity index (χ3n) is 2.23. The average Bonchev–Trinajstić information content (AvgIpc) is 2.27. The molecule has 0 saturated carbocycles. The van der Waals surface area contributed by atoms with E-state index in [1.165, 1.54) is 16.9 Å². The molecule has 0 aromatic heterocycles. The van der Waals surface area contributed by atoms with Crippen molar-refractivity contribution in [3.63, 3.8) is 0 Å². The van der Waals surface area contributed by atoms with Crippen molar-refractivity contribution in [1.82, 2.24) is 9.80 Å². The van der Waals surface area contributed by atoms with E-state index < -0.39 is 12.0 Å². The van der Waals surface area contributed by atoms with Crippen LogP contribution in [-0.2, 0) is 14.3 Å². The van der Waals surface area contributed by atoms with E-state index in [2.05, 4.69) is 4.74 Å². The van der Waals surface area contributed by atoms with Crippen LogP contribution >= 0.6 is 0 Å². The van der Waals surface area contributed by atoms with Gasteiger partial charge in [0.2, 0.25) is 0 Å². The Morgan fingerprint density at radius 3 is 2.67 bits per heavy atom. The van der Waals surface area contributed by atoms with Crippen LogP contribution in [0.5, 0.6) is 0 Å². The van der Waals surface area contributed by atoms with Crippen molar-refractivity contribution in [2.24, 2.45) is 0 Å². The topological polar surface area (TPSA) is 59.1 Å². The van der Waals surface area contributed by atoms with Crippen LogP contribution in [0, 0.1) is 0 Å². The van der Waals surface area contributed by atoms with E-state index in [0.29, 0.717) is 13.2 Å². The number of rotatable bonds is 1. The fourth-order valence-corrected chi connectivity index (χ4v) is 1.42. The van der Waals surface area contributed by atoms with Crippen LogP contribution in [0.2, 0.25) is 0 Å². The molecular weight excluding hydrogens is 200 g/mol. The quantitative estimate of drug-likeness (QED) is 0.557. The highest BCUT2D eigenvalue weighted by molar-refractivity contribution is 5.83. The fraction of sp³-hybridized carbons (Fsp3) is 0.778. The van der Waals surface area contributed by atoms with E-state index in [4.69, 9.17) is 4.74 Å². The maximum absolute atomic E-state index is 11.7. The molecule has 1 atom stereocenters. The molecule has 1 rings (SSSR count). The smallest absolute Gasteiger partial charge is 0.331 e. The van der Waals surface area contributed by atoms with Crippen molar-refractivity contribution in [3.8, 4) is 0 Å². The molecule has 0 bridgehead atoms. The first kappa shape index (κ1) is 11.8. The lowest BCUT2D eigenvalue weighted by atomic mass is 10.2. The van der Waals surface area contributed by atoms with Gasteiger partial charge in [-0.1, -0.05) is 0 Å². The minimum Gasteiger partial charge on any atom is -0.467 e. The van der Waals surface area contributed by atoms with Crippen LogP contribution in [-0.4, -0.2) is 68.8 Å². The average molecular weight is 216 g/mol. The van der Waals surface area contributed by atoms with Gasteiger partial charge in [0.15, 0.2) is 6.04 Å². The number of methoxy groups -OCH3 is 1. The zero-order chi connectivity index (χ0) is 11.4. The Balaban J connectivity index is 2.73. The predicted octanol–water partition coefficient (Wildman–Crippen LogP) is -0.458. The number of esters is 1. The van der Waals surface area contributed by atoms with Gasteiger partial charge < -0.3 is 19.3 Å². The molecule has 2 amide bonds. The van der Waals surface area contributed by atoms with E-state index in [-0.39, 0.29) is 12.6 Å². The molecule has 86 valence electrons. The molecule has 1 aliphatic heterocycles. The number of carbonyl (C=O) groups excluding carboxylic acids is 2. The van der Waals surface area contributed by atoms with Crippen molar-refractivity contribution in [1.29, 1.82) is 0 Å². The molecule has 1 aliphatic rings.